The Bertz CT molecular complexity index is 366. The number of likely N-dealkylation sites (N-methyl/N-ethyl adjacent to an activating group) is 1. The van der Waals surface area contributed by atoms with Gasteiger partial charge in [-0.25, -0.2) is 0 Å². The molecule has 0 aliphatic heterocycles. The van der Waals surface area contributed by atoms with Crippen LogP contribution in [0.1, 0.15) is 37.0 Å². The van der Waals surface area contributed by atoms with Crippen LogP contribution in [0.5, 0.6) is 0 Å². The molecule has 0 bridgehead atoms. The van der Waals surface area contributed by atoms with E-state index in [2.05, 4.69) is 10.2 Å². The summed E-state index contributed by atoms with van der Waals surface area (Å²) in [5, 5.41) is 16.3. The van der Waals surface area contributed by atoms with Crippen molar-refractivity contribution in [1.82, 2.24) is 15.1 Å². The summed E-state index contributed by atoms with van der Waals surface area (Å²) in [4.78, 5) is 13.6. The summed E-state index contributed by atoms with van der Waals surface area (Å²) < 4.78 is 0. The summed E-state index contributed by atoms with van der Waals surface area (Å²) in [7, 11) is 0. The number of hydrogen-bond donors (Lipinski definition) is 2. The molecule has 5 nitrogen and oxygen atoms in total. The molecule has 0 aromatic carbocycles. The van der Waals surface area contributed by atoms with Crippen LogP contribution in [0.25, 0.3) is 0 Å². The second-order valence-electron chi connectivity index (χ2n) is 4.57. The number of aryl methyl sites for hydroxylation is 1. The third-order valence-corrected chi connectivity index (χ3v) is 2.17. The summed E-state index contributed by atoms with van der Waals surface area (Å²) >= 11 is 0. The zero-order valence-corrected chi connectivity index (χ0v) is 10.2. The van der Waals surface area contributed by atoms with Gasteiger partial charge in [0.25, 0.3) is 5.91 Å². The van der Waals surface area contributed by atoms with Crippen molar-refractivity contribution in [2.24, 2.45) is 0 Å². The predicted molar refractivity (Wildman–Crippen MR) is 61.2 cm³/mol. The van der Waals surface area contributed by atoms with Crippen molar-refractivity contribution in [3.63, 3.8) is 0 Å². The van der Waals surface area contributed by atoms with Crippen LogP contribution in [0.15, 0.2) is 6.07 Å². The Kier molecular flexibility index (Phi) is 3.70. The first-order valence-corrected chi connectivity index (χ1v) is 5.37. The third-order valence-electron chi connectivity index (χ3n) is 2.17. The molecule has 1 heterocycles. The van der Waals surface area contributed by atoms with Gasteiger partial charge in [0.2, 0.25) is 0 Å². The lowest BCUT2D eigenvalue weighted by Crippen LogP contribution is -2.42. The first-order chi connectivity index (χ1) is 7.33. The Morgan fingerprint density at radius 1 is 1.62 bits per heavy atom. The van der Waals surface area contributed by atoms with Crippen molar-refractivity contribution in [1.29, 1.82) is 0 Å². The van der Waals surface area contributed by atoms with Gasteiger partial charge < -0.3 is 10.0 Å². The minimum atomic E-state index is -0.892. The number of aromatic nitrogens is 2. The number of carbonyl (C=O) groups is 1. The van der Waals surface area contributed by atoms with Crippen LogP contribution in [-0.4, -0.2) is 44.8 Å². The molecule has 0 fully saturated rings. The van der Waals surface area contributed by atoms with Crippen molar-refractivity contribution in [3.05, 3.63) is 17.5 Å². The minimum absolute atomic E-state index is 0.158. The van der Waals surface area contributed by atoms with E-state index in [1.165, 1.54) is 0 Å². The quantitative estimate of drug-likeness (QED) is 0.801. The number of H-pyrrole nitrogens is 1. The molecule has 0 saturated carbocycles. The smallest absolute Gasteiger partial charge is 0.274 e. The number of aliphatic hydroxyl groups is 1. The number of hydrogen-bond acceptors (Lipinski definition) is 3. The number of nitrogens with one attached hydrogen (secondary N) is 1. The van der Waals surface area contributed by atoms with Crippen LogP contribution in [0.2, 0.25) is 0 Å². The topological polar surface area (TPSA) is 69.2 Å². The van der Waals surface area contributed by atoms with Gasteiger partial charge in [-0.15, -0.1) is 0 Å². The highest BCUT2D eigenvalue weighted by Gasteiger charge is 2.23. The van der Waals surface area contributed by atoms with Crippen LogP contribution in [0.4, 0.5) is 0 Å². The number of nitrogens with zero attached hydrogens (tertiary/aromatic N) is 2. The first kappa shape index (κ1) is 12.7. The summed E-state index contributed by atoms with van der Waals surface area (Å²) in [6, 6.07) is 1.70. The molecule has 1 aromatic heterocycles. The maximum Gasteiger partial charge on any atom is 0.274 e. The van der Waals surface area contributed by atoms with E-state index in [1.807, 2.05) is 13.8 Å². The molecule has 1 amide bonds. The highest BCUT2D eigenvalue weighted by atomic mass is 16.3. The van der Waals surface area contributed by atoms with Crippen LogP contribution in [0, 0.1) is 6.92 Å². The van der Waals surface area contributed by atoms with Gasteiger partial charge in [0.1, 0.15) is 5.69 Å². The van der Waals surface area contributed by atoms with Gasteiger partial charge in [0.05, 0.1) is 5.60 Å². The molecule has 16 heavy (non-hydrogen) atoms. The van der Waals surface area contributed by atoms with E-state index in [-0.39, 0.29) is 5.91 Å². The largest absolute Gasteiger partial charge is 0.389 e. The van der Waals surface area contributed by atoms with Crippen molar-refractivity contribution in [2.75, 3.05) is 13.1 Å². The van der Waals surface area contributed by atoms with Crippen LogP contribution in [0.3, 0.4) is 0 Å². The van der Waals surface area contributed by atoms with E-state index in [9.17, 15) is 9.90 Å². The van der Waals surface area contributed by atoms with E-state index >= 15 is 0 Å². The second-order valence-corrected chi connectivity index (χ2v) is 4.57. The number of amides is 1. The molecule has 0 radical (unpaired) electrons. The lowest BCUT2D eigenvalue weighted by molar-refractivity contribution is 0.0311. The van der Waals surface area contributed by atoms with Crippen LogP contribution >= 0.6 is 0 Å². The molecule has 0 atom stereocenters. The minimum Gasteiger partial charge on any atom is -0.389 e. The highest BCUT2D eigenvalue weighted by Crippen LogP contribution is 2.09. The fourth-order valence-electron chi connectivity index (χ4n) is 1.48. The fourth-order valence-corrected chi connectivity index (χ4v) is 1.48. The van der Waals surface area contributed by atoms with Crippen molar-refractivity contribution < 1.29 is 9.90 Å². The average molecular weight is 225 g/mol. The van der Waals surface area contributed by atoms with Gasteiger partial charge in [-0.1, -0.05) is 0 Å². The van der Waals surface area contributed by atoms with Gasteiger partial charge in [0, 0.05) is 18.8 Å². The Morgan fingerprint density at radius 2 is 2.25 bits per heavy atom. The maximum absolute atomic E-state index is 12.0. The van der Waals surface area contributed by atoms with Crippen molar-refractivity contribution >= 4 is 5.91 Å². The lowest BCUT2D eigenvalue weighted by atomic mass is 10.1. The molecule has 2 N–H and O–H groups in total. The summed E-state index contributed by atoms with van der Waals surface area (Å²) in [6.07, 6.45) is 0. The lowest BCUT2D eigenvalue weighted by Gasteiger charge is -2.27. The van der Waals surface area contributed by atoms with Gasteiger partial charge in [-0.2, -0.15) is 5.10 Å². The van der Waals surface area contributed by atoms with Crippen molar-refractivity contribution in [3.8, 4) is 0 Å². The third kappa shape index (κ3) is 3.34. The van der Waals surface area contributed by atoms with E-state index in [4.69, 9.17) is 0 Å². The molecule has 5 heteroatoms. The van der Waals surface area contributed by atoms with E-state index in [1.54, 1.807) is 24.8 Å². The highest BCUT2D eigenvalue weighted by molar-refractivity contribution is 5.92. The summed E-state index contributed by atoms with van der Waals surface area (Å²) in [5.74, 6) is -0.158. The molecule has 1 rings (SSSR count). The molecule has 1 aromatic rings. The Morgan fingerprint density at radius 3 is 2.62 bits per heavy atom. The normalized spacial score (nSPS) is 11.6. The fraction of sp³-hybridized carbons (Fsp3) is 0.636. The molecular weight excluding hydrogens is 206 g/mol. The predicted octanol–water partition coefficient (Wildman–Crippen LogP) is 0.951. The standard InChI is InChI=1S/C11H19N3O2/c1-5-14(7-11(3,4)16)10(15)9-6-8(2)12-13-9/h6,16H,5,7H2,1-4H3,(H,12,13). The Labute approximate surface area is 95.5 Å². The molecule has 0 aliphatic carbocycles. The summed E-state index contributed by atoms with van der Waals surface area (Å²) in [6.45, 7) is 7.93. The molecule has 0 unspecified atom stereocenters. The molecule has 90 valence electrons. The zero-order chi connectivity index (χ0) is 12.3. The van der Waals surface area contributed by atoms with E-state index < -0.39 is 5.60 Å². The molecule has 0 aliphatic rings. The SMILES string of the molecule is CCN(CC(C)(C)O)C(=O)c1cc(C)[nH]n1. The first-order valence-electron chi connectivity index (χ1n) is 5.37. The maximum atomic E-state index is 12.0. The van der Waals surface area contributed by atoms with Gasteiger partial charge >= 0.3 is 0 Å². The van der Waals surface area contributed by atoms with Gasteiger partial charge in [-0.3, -0.25) is 9.89 Å². The van der Waals surface area contributed by atoms with Gasteiger partial charge in [-0.05, 0) is 33.8 Å². The van der Waals surface area contributed by atoms with Gasteiger partial charge in [0.15, 0.2) is 0 Å². The number of rotatable bonds is 4. The number of aromatic amines is 1. The van der Waals surface area contributed by atoms with E-state index in [0.717, 1.165) is 5.69 Å². The Hall–Kier alpha value is -1.36. The Balaban J connectivity index is 2.78. The molecule has 0 saturated heterocycles. The number of carbonyl (C=O) groups excluding carboxylic acids is 1. The monoisotopic (exact) mass is 225 g/mol. The van der Waals surface area contributed by atoms with E-state index in [0.29, 0.717) is 18.8 Å². The molecule has 0 spiro atoms. The average Bonchev–Trinajstić information content (AvgIpc) is 2.58. The van der Waals surface area contributed by atoms with Crippen molar-refractivity contribution in [2.45, 2.75) is 33.3 Å². The van der Waals surface area contributed by atoms with Crippen LogP contribution in [-0.2, 0) is 0 Å². The summed E-state index contributed by atoms with van der Waals surface area (Å²) in [5.41, 5.74) is 0.350. The zero-order valence-electron chi connectivity index (χ0n) is 10.2. The van der Waals surface area contributed by atoms with Crippen LogP contribution < -0.4 is 0 Å². The second kappa shape index (κ2) is 4.65. The molecular formula is C11H19N3O2.